The normalized spacial score (nSPS) is 11.3. The van der Waals surface area contributed by atoms with Crippen molar-refractivity contribution in [3.8, 4) is 34.7 Å². The number of methoxy groups -OCH3 is 1. The number of hydrogen-bond donors (Lipinski definition) is 0. The van der Waals surface area contributed by atoms with E-state index in [4.69, 9.17) is 27.5 Å². The van der Waals surface area contributed by atoms with E-state index in [-0.39, 0.29) is 13.2 Å². The molecule has 10 nitrogen and oxygen atoms in total. The second-order valence-corrected chi connectivity index (χ2v) is 8.97. The molecular formula is C31H26N4O6. The highest BCUT2D eigenvalue weighted by Crippen LogP contribution is 2.31. The molecule has 0 amide bonds. The van der Waals surface area contributed by atoms with E-state index in [1.807, 2.05) is 73.8 Å². The van der Waals surface area contributed by atoms with Gasteiger partial charge in [0.25, 0.3) is 5.89 Å². The van der Waals surface area contributed by atoms with Gasteiger partial charge in [-0.1, -0.05) is 24.3 Å². The lowest BCUT2D eigenvalue weighted by Gasteiger charge is -2.12. The predicted octanol–water partition coefficient (Wildman–Crippen LogP) is 6.75. The van der Waals surface area contributed by atoms with Crippen LogP contribution in [-0.4, -0.2) is 26.9 Å². The fourth-order valence-electron chi connectivity index (χ4n) is 4.08. The highest BCUT2D eigenvalue weighted by molar-refractivity contribution is 5.69. The summed E-state index contributed by atoms with van der Waals surface area (Å²) in [6.07, 6.45) is 10.2. The van der Waals surface area contributed by atoms with Gasteiger partial charge in [0, 0.05) is 6.20 Å². The molecule has 0 aliphatic carbocycles. The molecule has 10 heteroatoms. The number of rotatable bonds is 11. The monoisotopic (exact) mass is 550 g/mol. The zero-order chi connectivity index (χ0) is 28.0. The Kier molecular flexibility index (Phi) is 7.35. The van der Waals surface area contributed by atoms with Gasteiger partial charge in [0.15, 0.2) is 23.7 Å². The molecule has 0 fully saturated rings. The molecule has 4 heterocycles. The molecule has 6 aromatic rings. The number of hydrogen-bond acceptors (Lipinski definition) is 9. The highest BCUT2D eigenvalue weighted by atomic mass is 16.5. The van der Waals surface area contributed by atoms with Crippen LogP contribution in [0.25, 0.3) is 29.5 Å². The third-order valence-electron chi connectivity index (χ3n) is 6.20. The molecule has 0 aliphatic rings. The average molecular weight is 551 g/mol. The molecule has 41 heavy (non-hydrogen) atoms. The third-order valence-corrected chi connectivity index (χ3v) is 6.20. The van der Waals surface area contributed by atoms with Crippen LogP contribution in [0.4, 0.5) is 0 Å². The van der Waals surface area contributed by atoms with Gasteiger partial charge < -0.3 is 27.5 Å². The SMILES string of the molecule is COc1cc(COc2nn(-c3ccccc3)cc2/C=C/c2cnco2)ccc1OCc1nc(-c2ccco2)oc1C. The summed E-state index contributed by atoms with van der Waals surface area (Å²) >= 11 is 0. The number of para-hydroxylation sites is 1. The van der Waals surface area contributed by atoms with Gasteiger partial charge in [0.2, 0.25) is 5.88 Å². The van der Waals surface area contributed by atoms with Crippen molar-refractivity contribution in [2.75, 3.05) is 7.11 Å². The second-order valence-electron chi connectivity index (χ2n) is 8.97. The molecule has 0 bridgehead atoms. The third kappa shape index (κ3) is 5.91. The van der Waals surface area contributed by atoms with E-state index in [2.05, 4.69) is 15.1 Å². The van der Waals surface area contributed by atoms with Gasteiger partial charge in [0.1, 0.15) is 30.4 Å². The molecule has 0 saturated carbocycles. The average Bonchev–Trinajstić information content (AvgIpc) is 3.82. The van der Waals surface area contributed by atoms with Crippen LogP contribution in [-0.2, 0) is 13.2 Å². The Balaban J connectivity index is 1.16. The molecule has 2 aromatic carbocycles. The molecule has 0 N–H and O–H groups in total. The van der Waals surface area contributed by atoms with Crippen molar-refractivity contribution in [1.82, 2.24) is 19.7 Å². The number of oxazole rings is 2. The zero-order valence-electron chi connectivity index (χ0n) is 22.4. The molecule has 0 radical (unpaired) electrons. The second kappa shape index (κ2) is 11.7. The number of aromatic nitrogens is 4. The molecule has 0 unspecified atom stereocenters. The molecular weight excluding hydrogens is 524 g/mol. The van der Waals surface area contributed by atoms with E-state index >= 15 is 0 Å². The van der Waals surface area contributed by atoms with Gasteiger partial charge in [-0.15, -0.1) is 5.10 Å². The van der Waals surface area contributed by atoms with Crippen molar-refractivity contribution in [3.63, 3.8) is 0 Å². The van der Waals surface area contributed by atoms with Crippen LogP contribution in [0.15, 0.2) is 99.0 Å². The first-order valence-electron chi connectivity index (χ1n) is 12.8. The van der Waals surface area contributed by atoms with Crippen molar-refractivity contribution < 1.29 is 27.5 Å². The van der Waals surface area contributed by atoms with Crippen molar-refractivity contribution in [3.05, 3.63) is 114 Å². The first-order valence-corrected chi connectivity index (χ1v) is 12.8. The van der Waals surface area contributed by atoms with Crippen molar-refractivity contribution in [1.29, 1.82) is 0 Å². The van der Waals surface area contributed by atoms with Gasteiger partial charge in [-0.05, 0) is 61.0 Å². The predicted molar refractivity (Wildman–Crippen MR) is 150 cm³/mol. The van der Waals surface area contributed by atoms with E-state index in [9.17, 15) is 0 Å². The standard InChI is InChI=1S/C31H26N4O6/c1-21-26(33-31(41-21)28-9-6-14-37-28)19-38-27-13-10-22(15-29(27)36-2)18-39-30-23(11-12-25-16-32-20-40-25)17-35(34-30)24-7-4-3-5-8-24/h3-17,20H,18-19H2,1-2H3/b12-11+. The Morgan fingerprint density at radius 3 is 2.61 bits per heavy atom. The number of nitrogens with zero attached hydrogens (tertiary/aromatic N) is 4. The number of aryl methyl sites for hydroxylation is 1. The van der Waals surface area contributed by atoms with Crippen LogP contribution in [0.2, 0.25) is 0 Å². The number of benzene rings is 2. The van der Waals surface area contributed by atoms with Gasteiger partial charge in [-0.2, -0.15) is 0 Å². The van der Waals surface area contributed by atoms with E-state index in [0.29, 0.717) is 46.2 Å². The maximum atomic E-state index is 6.16. The summed E-state index contributed by atoms with van der Waals surface area (Å²) < 4.78 is 36.0. The molecule has 4 aromatic heterocycles. The fraction of sp³-hybridized carbons (Fsp3) is 0.129. The van der Waals surface area contributed by atoms with Crippen LogP contribution in [0.3, 0.4) is 0 Å². The van der Waals surface area contributed by atoms with Crippen LogP contribution in [0.5, 0.6) is 17.4 Å². The molecule has 206 valence electrons. The van der Waals surface area contributed by atoms with Crippen molar-refractivity contribution in [2.45, 2.75) is 20.1 Å². The van der Waals surface area contributed by atoms with Crippen LogP contribution < -0.4 is 14.2 Å². The summed E-state index contributed by atoms with van der Waals surface area (Å²) in [4.78, 5) is 8.45. The lowest BCUT2D eigenvalue weighted by molar-refractivity contribution is 0.275. The summed E-state index contributed by atoms with van der Waals surface area (Å²) in [5.41, 5.74) is 3.25. The molecule has 0 atom stereocenters. The minimum atomic E-state index is 0.208. The van der Waals surface area contributed by atoms with Crippen LogP contribution in [0, 0.1) is 6.92 Å². The van der Waals surface area contributed by atoms with E-state index < -0.39 is 0 Å². The smallest absolute Gasteiger partial charge is 0.263 e. The van der Waals surface area contributed by atoms with Gasteiger partial charge >= 0.3 is 0 Å². The topological polar surface area (TPSA) is 111 Å². The summed E-state index contributed by atoms with van der Waals surface area (Å²) in [7, 11) is 1.59. The highest BCUT2D eigenvalue weighted by Gasteiger charge is 2.16. The number of furan rings is 1. The molecule has 0 spiro atoms. The van der Waals surface area contributed by atoms with Crippen LogP contribution in [0.1, 0.15) is 28.3 Å². The lowest BCUT2D eigenvalue weighted by Crippen LogP contribution is -2.02. The van der Waals surface area contributed by atoms with Crippen molar-refractivity contribution in [2.24, 2.45) is 0 Å². The summed E-state index contributed by atoms with van der Waals surface area (Å²) in [6.45, 7) is 2.31. The quantitative estimate of drug-likeness (QED) is 0.173. The Bertz CT molecular complexity index is 1730. The fourth-order valence-corrected chi connectivity index (χ4v) is 4.08. The Morgan fingerprint density at radius 2 is 1.83 bits per heavy atom. The number of ether oxygens (including phenoxy) is 3. The summed E-state index contributed by atoms with van der Waals surface area (Å²) in [5.74, 6) is 3.87. The van der Waals surface area contributed by atoms with Crippen molar-refractivity contribution >= 4 is 12.2 Å². The van der Waals surface area contributed by atoms with E-state index in [1.165, 1.54) is 6.39 Å². The minimum Gasteiger partial charge on any atom is -0.493 e. The van der Waals surface area contributed by atoms with E-state index in [1.54, 1.807) is 36.4 Å². The maximum Gasteiger partial charge on any atom is 0.263 e. The largest absolute Gasteiger partial charge is 0.493 e. The molecule has 6 rings (SSSR count). The maximum absolute atomic E-state index is 6.16. The summed E-state index contributed by atoms with van der Waals surface area (Å²) in [5, 5.41) is 4.67. The Morgan fingerprint density at radius 1 is 0.927 bits per heavy atom. The zero-order valence-corrected chi connectivity index (χ0v) is 22.4. The Labute approximate surface area is 235 Å². The van der Waals surface area contributed by atoms with Gasteiger partial charge in [-0.25, -0.2) is 14.6 Å². The minimum absolute atomic E-state index is 0.208. The lowest BCUT2D eigenvalue weighted by atomic mass is 10.2. The Hall–Kier alpha value is -5.51. The first-order chi connectivity index (χ1) is 20.2. The first kappa shape index (κ1) is 25.8. The molecule has 0 aliphatic heterocycles. The summed E-state index contributed by atoms with van der Waals surface area (Å²) in [6, 6.07) is 19.0. The van der Waals surface area contributed by atoms with Gasteiger partial charge in [0.05, 0.1) is 30.8 Å². The van der Waals surface area contributed by atoms with E-state index in [0.717, 1.165) is 16.8 Å². The van der Waals surface area contributed by atoms with Crippen LogP contribution >= 0.6 is 0 Å². The van der Waals surface area contributed by atoms with Gasteiger partial charge in [-0.3, -0.25) is 0 Å². The molecule has 0 saturated heterocycles.